The maximum atomic E-state index is 13.3. The Balaban J connectivity index is 2.55. The van der Waals surface area contributed by atoms with Crippen LogP contribution in [0.3, 0.4) is 0 Å². The number of benzene rings is 1. The van der Waals surface area contributed by atoms with Crippen molar-refractivity contribution in [1.82, 2.24) is 0 Å². The van der Waals surface area contributed by atoms with E-state index in [-0.39, 0.29) is 11.3 Å². The largest absolute Gasteiger partial charge is 0.496 e. The van der Waals surface area contributed by atoms with E-state index >= 15 is 0 Å². The number of carbonyl (C=O) groups is 1. The van der Waals surface area contributed by atoms with Gasteiger partial charge in [0.1, 0.15) is 5.75 Å². The van der Waals surface area contributed by atoms with Crippen molar-refractivity contribution >= 4 is 5.97 Å². The SMILES string of the molecule is COc1ccccc1C1(C(=O)O)CC1(F)F. The minimum atomic E-state index is -3.20. The van der Waals surface area contributed by atoms with Gasteiger partial charge in [-0.25, -0.2) is 8.78 Å². The highest BCUT2D eigenvalue weighted by molar-refractivity contribution is 5.88. The van der Waals surface area contributed by atoms with Crippen LogP contribution in [0.1, 0.15) is 12.0 Å². The monoisotopic (exact) mass is 228 g/mol. The number of rotatable bonds is 3. The van der Waals surface area contributed by atoms with Crippen LogP contribution in [0.5, 0.6) is 5.75 Å². The fraction of sp³-hybridized carbons (Fsp3) is 0.364. The zero-order valence-electron chi connectivity index (χ0n) is 8.54. The van der Waals surface area contributed by atoms with Crippen molar-refractivity contribution in [2.75, 3.05) is 7.11 Å². The maximum Gasteiger partial charge on any atom is 0.320 e. The number of carboxylic acids is 1. The minimum absolute atomic E-state index is 0.0370. The van der Waals surface area contributed by atoms with Crippen molar-refractivity contribution in [3.63, 3.8) is 0 Å². The lowest BCUT2D eigenvalue weighted by Gasteiger charge is -2.15. The molecular weight excluding hydrogens is 218 g/mol. The predicted molar refractivity (Wildman–Crippen MR) is 51.9 cm³/mol. The highest BCUT2D eigenvalue weighted by Gasteiger charge is 2.78. The molecule has 0 aliphatic heterocycles. The number of para-hydroxylation sites is 1. The van der Waals surface area contributed by atoms with Crippen LogP contribution in [0.25, 0.3) is 0 Å². The Morgan fingerprint density at radius 3 is 2.44 bits per heavy atom. The molecule has 1 aromatic carbocycles. The van der Waals surface area contributed by atoms with Gasteiger partial charge in [-0.2, -0.15) is 0 Å². The molecule has 1 aliphatic carbocycles. The average molecular weight is 228 g/mol. The fourth-order valence-electron chi connectivity index (χ4n) is 1.93. The van der Waals surface area contributed by atoms with Gasteiger partial charge in [-0.3, -0.25) is 4.79 Å². The molecule has 0 aromatic heterocycles. The van der Waals surface area contributed by atoms with Crippen LogP contribution in [-0.2, 0) is 10.2 Å². The summed E-state index contributed by atoms with van der Waals surface area (Å²) in [4.78, 5) is 11.0. The van der Waals surface area contributed by atoms with Gasteiger partial charge in [-0.1, -0.05) is 18.2 Å². The van der Waals surface area contributed by atoms with Gasteiger partial charge in [0.05, 0.1) is 7.11 Å². The van der Waals surface area contributed by atoms with Crippen LogP contribution in [-0.4, -0.2) is 24.1 Å². The summed E-state index contributed by atoms with van der Waals surface area (Å²) >= 11 is 0. The van der Waals surface area contributed by atoms with Gasteiger partial charge < -0.3 is 9.84 Å². The second kappa shape index (κ2) is 3.17. The number of hydrogen-bond acceptors (Lipinski definition) is 2. The number of methoxy groups -OCH3 is 1. The minimum Gasteiger partial charge on any atom is -0.496 e. The molecule has 2 rings (SSSR count). The normalized spacial score (nSPS) is 26.2. The average Bonchev–Trinajstić information content (AvgIpc) is 2.83. The molecule has 5 heteroatoms. The molecule has 0 amide bonds. The molecule has 1 atom stereocenters. The quantitative estimate of drug-likeness (QED) is 0.861. The Hall–Kier alpha value is -1.65. The van der Waals surface area contributed by atoms with Gasteiger partial charge in [0.2, 0.25) is 0 Å². The van der Waals surface area contributed by atoms with E-state index < -0.39 is 23.7 Å². The van der Waals surface area contributed by atoms with E-state index in [1.807, 2.05) is 0 Å². The molecule has 1 aliphatic rings. The Bertz CT molecular complexity index is 445. The van der Waals surface area contributed by atoms with E-state index in [0.717, 1.165) is 0 Å². The molecule has 1 N–H and O–H groups in total. The van der Waals surface area contributed by atoms with Crippen LogP contribution in [0.15, 0.2) is 24.3 Å². The number of hydrogen-bond donors (Lipinski definition) is 1. The summed E-state index contributed by atoms with van der Waals surface area (Å²) in [7, 11) is 1.33. The molecule has 16 heavy (non-hydrogen) atoms. The van der Waals surface area contributed by atoms with Crippen molar-refractivity contribution in [1.29, 1.82) is 0 Å². The summed E-state index contributed by atoms with van der Waals surface area (Å²) < 4.78 is 31.5. The van der Waals surface area contributed by atoms with Crippen molar-refractivity contribution in [3.05, 3.63) is 29.8 Å². The van der Waals surface area contributed by atoms with Gasteiger partial charge in [-0.15, -0.1) is 0 Å². The molecule has 0 bridgehead atoms. The molecule has 1 saturated carbocycles. The summed E-state index contributed by atoms with van der Waals surface area (Å²) in [6.45, 7) is 0. The van der Waals surface area contributed by atoms with E-state index in [4.69, 9.17) is 9.84 Å². The van der Waals surface area contributed by atoms with Crippen LogP contribution in [0, 0.1) is 0 Å². The van der Waals surface area contributed by atoms with Crippen LogP contribution < -0.4 is 4.74 Å². The Labute approximate surface area is 90.7 Å². The van der Waals surface area contributed by atoms with Crippen LogP contribution in [0.4, 0.5) is 8.78 Å². The molecule has 0 spiro atoms. The number of halogens is 2. The Morgan fingerprint density at radius 2 is 2.00 bits per heavy atom. The van der Waals surface area contributed by atoms with Crippen molar-refractivity contribution in [3.8, 4) is 5.75 Å². The van der Waals surface area contributed by atoms with Gasteiger partial charge in [0.15, 0.2) is 5.41 Å². The zero-order chi connectivity index (χ0) is 12.0. The molecule has 0 radical (unpaired) electrons. The van der Waals surface area contributed by atoms with E-state index in [9.17, 15) is 13.6 Å². The topological polar surface area (TPSA) is 46.5 Å². The Morgan fingerprint density at radius 1 is 1.44 bits per heavy atom. The first kappa shape index (κ1) is 10.9. The van der Waals surface area contributed by atoms with E-state index in [0.29, 0.717) is 0 Å². The third-order valence-corrected chi connectivity index (χ3v) is 2.92. The van der Waals surface area contributed by atoms with E-state index in [2.05, 4.69) is 0 Å². The van der Waals surface area contributed by atoms with Gasteiger partial charge in [0, 0.05) is 12.0 Å². The first-order chi connectivity index (χ1) is 7.45. The molecule has 3 nitrogen and oxygen atoms in total. The van der Waals surface area contributed by atoms with Gasteiger partial charge in [-0.05, 0) is 6.07 Å². The molecule has 1 aromatic rings. The first-order valence-corrected chi connectivity index (χ1v) is 4.70. The summed E-state index contributed by atoms with van der Waals surface area (Å²) in [6.07, 6.45) is -0.671. The number of carboxylic acid groups (broad SMARTS) is 1. The maximum absolute atomic E-state index is 13.3. The number of ether oxygens (including phenoxy) is 1. The summed E-state index contributed by atoms with van der Waals surface area (Å²) in [5.74, 6) is -4.53. The van der Waals surface area contributed by atoms with Gasteiger partial charge in [0.25, 0.3) is 5.92 Å². The predicted octanol–water partition coefficient (Wildman–Crippen LogP) is 2.06. The number of aliphatic carboxylic acids is 1. The lowest BCUT2D eigenvalue weighted by atomic mass is 9.94. The number of alkyl halides is 2. The molecular formula is C11H10F2O3. The molecule has 86 valence electrons. The standard InChI is InChI=1S/C11H10F2O3/c1-16-8-5-3-2-4-7(8)10(9(14)15)6-11(10,12)13/h2-5H,6H2,1H3,(H,14,15). The summed E-state index contributed by atoms with van der Waals surface area (Å²) in [5.41, 5.74) is -2.07. The van der Waals surface area contributed by atoms with Crippen LogP contribution >= 0.6 is 0 Å². The van der Waals surface area contributed by atoms with Crippen LogP contribution in [0.2, 0.25) is 0 Å². The third-order valence-electron chi connectivity index (χ3n) is 2.92. The highest BCUT2D eigenvalue weighted by atomic mass is 19.3. The first-order valence-electron chi connectivity index (χ1n) is 4.70. The lowest BCUT2D eigenvalue weighted by molar-refractivity contribution is -0.143. The molecule has 0 saturated heterocycles. The van der Waals surface area contributed by atoms with Crippen molar-refractivity contribution in [2.24, 2.45) is 0 Å². The molecule has 0 heterocycles. The second-order valence-electron chi connectivity index (χ2n) is 3.79. The molecule has 1 fully saturated rings. The third kappa shape index (κ3) is 1.20. The second-order valence-corrected chi connectivity index (χ2v) is 3.79. The smallest absolute Gasteiger partial charge is 0.320 e. The highest BCUT2D eigenvalue weighted by Crippen LogP contribution is 2.63. The van der Waals surface area contributed by atoms with Crippen molar-refractivity contribution in [2.45, 2.75) is 17.8 Å². The zero-order valence-corrected chi connectivity index (χ0v) is 8.54. The van der Waals surface area contributed by atoms with Crippen molar-refractivity contribution < 1.29 is 23.4 Å². The fourth-order valence-corrected chi connectivity index (χ4v) is 1.93. The van der Waals surface area contributed by atoms with E-state index in [1.165, 1.54) is 25.3 Å². The van der Waals surface area contributed by atoms with E-state index in [1.54, 1.807) is 6.07 Å². The molecule has 1 unspecified atom stereocenters. The lowest BCUT2D eigenvalue weighted by Crippen LogP contribution is -2.27. The summed E-state index contributed by atoms with van der Waals surface area (Å²) in [5, 5.41) is 8.98. The van der Waals surface area contributed by atoms with Gasteiger partial charge >= 0.3 is 5.97 Å². The Kier molecular flexibility index (Phi) is 2.15. The summed E-state index contributed by atoms with van der Waals surface area (Å²) in [6, 6.07) is 5.98.